The quantitative estimate of drug-likeness (QED) is 0.476. The minimum absolute atomic E-state index is 0.0924. The predicted octanol–water partition coefficient (Wildman–Crippen LogP) is 4.14. The van der Waals surface area contributed by atoms with Crippen molar-refractivity contribution in [1.82, 2.24) is 14.5 Å². The first kappa shape index (κ1) is 19.0. The van der Waals surface area contributed by atoms with Crippen LogP contribution in [0.15, 0.2) is 58.5 Å². The molecule has 3 aromatic rings. The number of halogens is 1. The topological polar surface area (TPSA) is 55.2 Å². The smallest absolute Gasteiger partial charge is 0.266 e. The summed E-state index contributed by atoms with van der Waals surface area (Å²) in [6.45, 7) is 1.63. The second-order valence-corrected chi connectivity index (χ2v) is 8.14. The van der Waals surface area contributed by atoms with Crippen LogP contribution >= 0.6 is 23.4 Å². The molecule has 144 valence electrons. The molecule has 1 fully saturated rings. The summed E-state index contributed by atoms with van der Waals surface area (Å²) in [6, 6.07) is 14.3. The molecule has 0 radical (unpaired) electrons. The van der Waals surface area contributed by atoms with Gasteiger partial charge in [0.25, 0.3) is 5.56 Å². The van der Waals surface area contributed by atoms with Crippen LogP contribution in [-0.2, 0) is 4.79 Å². The highest BCUT2D eigenvalue weighted by atomic mass is 35.5. The molecule has 1 amide bonds. The second-order valence-electron chi connectivity index (χ2n) is 6.76. The molecule has 5 nitrogen and oxygen atoms in total. The largest absolute Gasteiger partial charge is 0.342 e. The molecule has 0 atom stereocenters. The molecular formula is C21H20ClN3O2S. The van der Waals surface area contributed by atoms with Gasteiger partial charge in [0.2, 0.25) is 5.91 Å². The van der Waals surface area contributed by atoms with E-state index < -0.39 is 0 Å². The van der Waals surface area contributed by atoms with Crippen molar-refractivity contribution in [3.05, 3.63) is 63.9 Å². The molecule has 0 unspecified atom stereocenters. The van der Waals surface area contributed by atoms with E-state index in [0.29, 0.717) is 26.8 Å². The number of benzene rings is 2. The van der Waals surface area contributed by atoms with Crippen LogP contribution < -0.4 is 5.56 Å². The Hall–Kier alpha value is -2.31. The van der Waals surface area contributed by atoms with Crippen molar-refractivity contribution >= 4 is 40.2 Å². The van der Waals surface area contributed by atoms with E-state index in [0.717, 1.165) is 25.9 Å². The molecule has 0 N–H and O–H groups in total. The zero-order valence-corrected chi connectivity index (χ0v) is 16.9. The van der Waals surface area contributed by atoms with Gasteiger partial charge in [-0.2, -0.15) is 0 Å². The number of carbonyl (C=O) groups is 1. The number of piperidine rings is 1. The van der Waals surface area contributed by atoms with Gasteiger partial charge in [-0.1, -0.05) is 35.5 Å². The van der Waals surface area contributed by atoms with Gasteiger partial charge in [0.15, 0.2) is 5.16 Å². The number of fused-ring (bicyclic) bond motifs is 1. The predicted molar refractivity (Wildman–Crippen MR) is 114 cm³/mol. The number of carbonyl (C=O) groups excluding carboxylic acids is 1. The Labute approximate surface area is 172 Å². The normalized spacial score (nSPS) is 14.4. The second kappa shape index (κ2) is 8.37. The number of rotatable bonds is 4. The fourth-order valence-corrected chi connectivity index (χ4v) is 4.43. The molecule has 2 aromatic carbocycles. The Morgan fingerprint density at radius 3 is 2.50 bits per heavy atom. The van der Waals surface area contributed by atoms with Crippen molar-refractivity contribution in [3.63, 3.8) is 0 Å². The van der Waals surface area contributed by atoms with Gasteiger partial charge in [0.05, 0.1) is 22.3 Å². The zero-order chi connectivity index (χ0) is 19.5. The summed E-state index contributed by atoms with van der Waals surface area (Å²) in [5.74, 6) is 0.355. The number of likely N-dealkylation sites (tertiary alicyclic amines) is 1. The summed E-state index contributed by atoms with van der Waals surface area (Å²) in [4.78, 5) is 32.3. The van der Waals surface area contributed by atoms with E-state index in [1.54, 1.807) is 34.9 Å². The van der Waals surface area contributed by atoms with E-state index in [4.69, 9.17) is 11.6 Å². The third-order valence-electron chi connectivity index (χ3n) is 4.86. The van der Waals surface area contributed by atoms with Gasteiger partial charge < -0.3 is 4.90 Å². The van der Waals surface area contributed by atoms with Crippen LogP contribution in [0.25, 0.3) is 16.6 Å². The van der Waals surface area contributed by atoms with Crippen molar-refractivity contribution in [2.75, 3.05) is 18.8 Å². The molecule has 4 rings (SSSR count). The van der Waals surface area contributed by atoms with E-state index >= 15 is 0 Å². The average molecular weight is 414 g/mol. The van der Waals surface area contributed by atoms with Crippen molar-refractivity contribution < 1.29 is 4.79 Å². The molecule has 28 heavy (non-hydrogen) atoms. The van der Waals surface area contributed by atoms with Gasteiger partial charge in [-0.3, -0.25) is 14.2 Å². The van der Waals surface area contributed by atoms with Crippen LogP contribution in [0.3, 0.4) is 0 Å². The molecule has 2 heterocycles. The minimum atomic E-state index is -0.152. The van der Waals surface area contributed by atoms with Crippen LogP contribution in [-0.4, -0.2) is 39.2 Å². The molecule has 1 aliphatic heterocycles. The molecule has 0 spiro atoms. The number of para-hydroxylation sites is 1. The van der Waals surface area contributed by atoms with Crippen LogP contribution in [0.1, 0.15) is 19.3 Å². The van der Waals surface area contributed by atoms with Crippen LogP contribution in [0.5, 0.6) is 0 Å². The molecule has 7 heteroatoms. The summed E-state index contributed by atoms with van der Waals surface area (Å²) in [7, 11) is 0. The highest BCUT2D eigenvalue weighted by molar-refractivity contribution is 7.99. The maximum absolute atomic E-state index is 13.2. The van der Waals surface area contributed by atoms with E-state index in [2.05, 4.69) is 4.98 Å². The number of aromatic nitrogens is 2. The standard InChI is InChI=1S/C21H20ClN3O2S/c22-15-8-10-16(11-9-15)25-20(27)17-6-2-3-7-18(17)23-21(25)28-14-19(26)24-12-4-1-5-13-24/h2-3,6-11H,1,4-5,12-14H2. The lowest BCUT2D eigenvalue weighted by Gasteiger charge is -2.26. The maximum Gasteiger partial charge on any atom is 0.266 e. The van der Waals surface area contributed by atoms with Gasteiger partial charge in [0, 0.05) is 18.1 Å². The summed E-state index contributed by atoms with van der Waals surface area (Å²) in [5, 5.41) is 1.65. The Morgan fingerprint density at radius 1 is 1.04 bits per heavy atom. The third-order valence-corrected chi connectivity index (χ3v) is 6.04. The van der Waals surface area contributed by atoms with Gasteiger partial charge in [-0.05, 0) is 55.7 Å². The lowest BCUT2D eigenvalue weighted by Crippen LogP contribution is -2.36. The van der Waals surface area contributed by atoms with Crippen molar-refractivity contribution in [2.45, 2.75) is 24.4 Å². The van der Waals surface area contributed by atoms with E-state index in [1.807, 2.05) is 23.1 Å². The SMILES string of the molecule is O=C(CSc1nc2ccccc2c(=O)n1-c1ccc(Cl)cc1)N1CCCCC1. The van der Waals surface area contributed by atoms with Crippen molar-refractivity contribution in [3.8, 4) is 5.69 Å². The average Bonchev–Trinajstić information content (AvgIpc) is 2.74. The fraction of sp³-hybridized carbons (Fsp3) is 0.286. The Bertz CT molecular complexity index is 1060. The lowest BCUT2D eigenvalue weighted by molar-refractivity contribution is -0.129. The Kier molecular flexibility index (Phi) is 5.69. The van der Waals surface area contributed by atoms with Crippen LogP contribution in [0.2, 0.25) is 5.02 Å². The first-order chi connectivity index (χ1) is 13.6. The number of nitrogens with zero attached hydrogens (tertiary/aromatic N) is 3. The van der Waals surface area contributed by atoms with Crippen LogP contribution in [0, 0.1) is 0 Å². The lowest BCUT2D eigenvalue weighted by atomic mass is 10.1. The van der Waals surface area contributed by atoms with Gasteiger partial charge in [-0.15, -0.1) is 0 Å². The third kappa shape index (κ3) is 3.93. The van der Waals surface area contributed by atoms with Crippen molar-refractivity contribution in [2.24, 2.45) is 0 Å². The van der Waals surface area contributed by atoms with Crippen molar-refractivity contribution in [1.29, 1.82) is 0 Å². The van der Waals surface area contributed by atoms with Gasteiger partial charge in [0.1, 0.15) is 0 Å². The maximum atomic E-state index is 13.2. The Balaban J connectivity index is 1.71. The summed E-state index contributed by atoms with van der Waals surface area (Å²) < 4.78 is 1.56. The van der Waals surface area contributed by atoms with E-state index in [1.165, 1.54) is 18.2 Å². The monoisotopic (exact) mass is 413 g/mol. The number of hydrogen-bond donors (Lipinski definition) is 0. The number of amides is 1. The first-order valence-electron chi connectivity index (χ1n) is 9.32. The minimum Gasteiger partial charge on any atom is -0.342 e. The Morgan fingerprint density at radius 2 is 1.75 bits per heavy atom. The highest BCUT2D eigenvalue weighted by Crippen LogP contribution is 2.23. The molecular weight excluding hydrogens is 394 g/mol. The first-order valence-corrected chi connectivity index (χ1v) is 10.7. The molecule has 0 saturated carbocycles. The molecule has 0 aliphatic carbocycles. The summed E-state index contributed by atoms with van der Waals surface area (Å²) in [5.41, 5.74) is 1.16. The number of hydrogen-bond acceptors (Lipinski definition) is 4. The molecule has 1 aromatic heterocycles. The molecule has 0 bridgehead atoms. The summed E-state index contributed by atoms with van der Waals surface area (Å²) >= 11 is 7.31. The van der Waals surface area contributed by atoms with Gasteiger partial charge in [-0.25, -0.2) is 4.98 Å². The fourth-order valence-electron chi connectivity index (χ4n) is 3.39. The highest BCUT2D eigenvalue weighted by Gasteiger charge is 2.19. The van der Waals surface area contributed by atoms with Gasteiger partial charge >= 0.3 is 0 Å². The zero-order valence-electron chi connectivity index (χ0n) is 15.3. The van der Waals surface area contributed by atoms with E-state index in [-0.39, 0.29) is 17.2 Å². The van der Waals surface area contributed by atoms with Crippen LogP contribution in [0.4, 0.5) is 0 Å². The summed E-state index contributed by atoms with van der Waals surface area (Å²) in [6.07, 6.45) is 3.29. The van der Waals surface area contributed by atoms with E-state index in [9.17, 15) is 9.59 Å². The molecule has 1 saturated heterocycles. The number of thioether (sulfide) groups is 1. The molecule has 1 aliphatic rings.